The van der Waals surface area contributed by atoms with Gasteiger partial charge in [-0.2, -0.15) is 0 Å². The van der Waals surface area contributed by atoms with E-state index < -0.39 is 0 Å². The van der Waals surface area contributed by atoms with Crippen molar-refractivity contribution in [2.75, 3.05) is 13.1 Å². The molecular formula is C11H24N2. The highest BCUT2D eigenvalue weighted by molar-refractivity contribution is 4.70. The molecule has 2 nitrogen and oxygen atoms in total. The van der Waals surface area contributed by atoms with Crippen molar-refractivity contribution in [2.24, 2.45) is 11.7 Å². The van der Waals surface area contributed by atoms with Gasteiger partial charge in [0.1, 0.15) is 0 Å². The Morgan fingerprint density at radius 1 is 1.31 bits per heavy atom. The maximum Gasteiger partial charge on any atom is 0.00508 e. The van der Waals surface area contributed by atoms with Gasteiger partial charge in [0.2, 0.25) is 0 Å². The van der Waals surface area contributed by atoms with Crippen molar-refractivity contribution < 1.29 is 0 Å². The van der Waals surface area contributed by atoms with E-state index in [0.717, 1.165) is 18.9 Å². The Labute approximate surface area is 82.3 Å². The first-order valence-electron chi connectivity index (χ1n) is 5.76. The number of rotatable bonds is 5. The van der Waals surface area contributed by atoms with Crippen LogP contribution in [0.5, 0.6) is 0 Å². The summed E-state index contributed by atoms with van der Waals surface area (Å²) in [5, 5.41) is 3.57. The number of nitrogens with one attached hydrogen (secondary N) is 1. The fourth-order valence-electron chi connectivity index (χ4n) is 2.11. The van der Waals surface area contributed by atoms with Crippen LogP contribution in [0.25, 0.3) is 0 Å². The summed E-state index contributed by atoms with van der Waals surface area (Å²) in [6, 6.07) is 0.604. The normalized spacial score (nSPS) is 21.7. The van der Waals surface area contributed by atoms with Crippen LogP contribution >= 0.6 is 0 Å². The Hall–Kier alpha value is -0.0800. The van der Waals surface area contributed by atoms with Crippen LogP contribution in [-0.4, -0.2) is 19.1 Å². The second-order valence-corrected chi connectivity index (χ2v) is 4.39. The van der Waals surface area contributed by atoms with Crippen LogP contribution in [0.1, 0.15) is 45.4 Å². The zero-order valence-corrected chi connectivity index (χ0v) is 8.89. The molecule has 0 aliphatic heterocycles. The van der Waals surface area contributed by atoms with Crippen LogP contribution in [0, 0.1) is 5.92 Å². The van der Waals surface area contributed by atoms with Crippen LogP contribution in [0.4, 0.5) is 0 Å². The minimum Gasteiger partial charge on any atom is -0.330 e. The molecule has 78 valence electrons. The molecular weight excluding hydrogens is 160 g/mol. The van der Waals surface area contributed by atoms with Crippen molar-refractivity contribution >= 4 is 0 Å². The average molecular weight is 184 g/mol. The van der Waals surface area contributed by atoms with Crippen LogP contribution < -0.4 is 11.1 Å². The molecule has 0 bridgehead atoms. The van der Waals surface area contributed by atoms with Crippen molar-refractivity contribution in [3.05, 3.63) is 0 Å². The topological polar surface area (TPSA) is 38.0 Å². The molecule has 1 fully saturated rings. The first-order valence-corrected chi connectivity index (χ1v) is 5.76. The zero-order chi connectivity index (χ0) is 9.52. The summed E-state index contributed by atoms with van der Waals surface area (Å²) in [5.74, 6) is 0.939. The maximum atomic E-state index is 5.50. The fourth-order valence-corrected chi connectivity index (χ4v) is 2.11. The van der Waals surface area contributed by atoms with E-state index in [1.807, 2.05) is 0 Å². The van der Waals surface area contributed by atoms with E-state index in [2.05, 4.69) is 12.2 Å². The first-order chi connectivity index (χ1) is 6.33. The number of hydrogen-bond donors (Lipinski definition) is 2. The molecule has 1 rings (SSSR count). The van der Waals surface area contributed by atoms with E-state index in [4.69, 9.17) is 5.73 Å². The average Bonchev–Trinajstić information content (AvgIpc) is 2.17. The Balaban J connectivity index is 2.03. The van der Waals surface area contributed by atoms with E-state index in [-0.39, 0.29) is 0 Å². The highest BCUT2D eigenvalue weighted by Crippen LogP contribution is 2.22. The SMILES string of the molecule is CC(CCN)NCC1CCCCC1. The minimum absolute atomic E-state index is 0.604. The number of nitrogens with two attached hydrogens (primary N) is 1. The molecule has 0 heterocycles. The van der Waals surface area contributed by atoms with Gasteiger partial charge in [0.05, 0.1) is 0 Å². The highest BCUT2D eigenvalue weighted by Gasteiger charge is 2.13. The molecule has 2 heteroatoms. The predicted octanol–water partition coefficient (Wildman–Crippen LogP) is 1.89. The third kappa shape index (κ3) is 4.63. The smallest absolute Gasteiger partial charge is 0.00508 e. The molecule has 13 heavy (non-hydrogen) atoms. The van der Waals surface area contributed by atoms with Gasteiger partial charge < -0.3 is 11.1 Å². The van der Waals surface area contributed by atoms with Crippen molar-refractivity contribution in [1.82, 2.24) is 5.32 Å². The summed E-state index contributed by atoms with van der Waals surface area (Å²) in [6.07, 6.45) is 8.31. The molecule has 1 saturated carbocycles. The van der Waals surface area contributed by atoms with Gasteiger partial charge in [0, 0.05) is 6.04 Å². The van der Waals surface area contributed by atoms with Gasteiger partial charge in [0.25, 0.3) is 0 Å². The Bertz CT molecular complexity index is 119. The molecule has 1 atom stereocenters. The van der Waals surface area contributed by atoms with Gasteiger partial charge in [-0.1, -0.05) is 19.3 Å². The summed E-state index contributed by atoms with van der Waals surface area (Å²) in [7, 11) is 0. The predicted molar refractivity (Wildman–Crippen MR) is 57.7 cm³/mol. The lowest BCUT2D eigenvalue weighted by molar-refractivity contribution is 0.328. The quantitative estimate of drug-likeness (QED) is 0.685. The Morgan fingerprint density at radius 2 is 2.00 bits per heavy atom. The van der Waals surface area contributed by atoms with Gasteiger partial charge in [-0.05, 0) is 45.2 Å². The van der Waals surface area contributed by atoms with Crippen molar-refractivity contribution in [2.45, 2.75) is 51.5 Å². The Kier molecular flexibility index (Phi) is 5.40. The second kappa shape index (κ2) is 6.39. The van der Waals surface area contributed by atoms with Crippen LogP contribution in [0.15, 0.2) is 0 Å². The second-order valence-electron chi connectivity index (χ2n) is 4.39. The van der Waals surface area contributed by atoms with Crippen LogP contribution in [0.3, 0.4) is 0 Å². The third-order valence-corrected chi connectivity index (χ3v) is 3.08. The van der Waals surface area contributed by atoms with E-state index >= 15 is 0 Å². The monoisotopic (exact) mass is 184 g/mol. The molecule has 0 saturated heterocycles. The summed E-state index contributed by atoms with van der Waals surface area (Å²) < 4.78 is 0. The molecule has 1 aliphatic carbocycles. The van der Waals surface area contributed by atoms with Crippen molar-refractivity contribution in [1.29, 1.82) is 0 Å². The van der Waals surface area contributed by atoms with E-state index in [9.17, 15) is 0 Å². The zero-order valence-electron chi connectivity index (χ0n) is 8.89. The van der Waals surface area contributed by atoms with Gasteiger partial charge in [-0.3, -0.25) is 0 Å². The molecule has 3 N–H and O–H groups in total. The van der Waals surface area contributed by atoms with Crippen LogP contribution in [-0.2, 0) is 0 Å². The fraction of sp³-hybridized carbons (Fsp3) is 1.00. The standard InChI is InChI=1S/C11H24N2/c1-10(7-8-12)13-9-11-5-3-2-4-6-11/h10-11,13H,2-9,12H2,1H3. The molecule has 0 aromatic carbocycles. The van der Waals surface area contributed by atoms with E-state index in [1.165, 1.54) is 38.6 Å². The largest absolute Gasteiger partial charge is 0.330 e. The molecule has 1 aliphatic rings. The van der Waals surface area contributed by atoms with Gasteiger partial charge in [-0.25, -0.2) is 0 Å². The first kappa shape index (κ1) is 11.0. The lowest BCUT2D eigenvalue weighted by Crippen LogP contribution is -2.33. The van der Waals surface area contributed by atoms with E-state index in [0.29, 0.717) is 6.04 Å². The van der Waals surface area contributed by atoms with Crippen molar-refractivity contribution in [3.8, 4) is 0 Å². The van der Waals surface area contributed by atoms with Crippen molar-refractivity contribution in [3.63, 3.8) is 0 Å². The lowest BCUT2D eigenvalue weighted by Gasteiger charge is -2.23. The van der Waals surface area contributed by atoms with Gasteiger partial charge in [0.15, 0.2) is 0 Å². The molecule has 0 spiro atoms. The van der Waals surface area contributed by atoms with Crippen LogP contribution in [0.2, 0.25) is 0 Å². The highest BCUT2D eigenvalue weighted by atomic mass is 14.9. The maximum absolute atomic E-state index is 5.50. The van der Waals surface area contributed by atoms with Gasteiger partial charge >= 0.3 is 0 Å². The summed E-state index contributed by atoms with van der Waals surface area (Å²) >= 11 is 0. The Morgan fingerprint density at radius 3 is 2.62 bits per heavy atom. The molecule has 0 aromatic rings. The summed E-state index contributed by atoms with van der Waals surface area (Å²) in [6.45, 7) is 4.25. The third-order valence-electron chi connectivity index (χ3n) is 3.08. The molecule has 1 unspecified atom stereocenters. The molecule has 0 radical (unpaired) electrons. The summed E-state index contributed by atoms with van der Waals surface area (Å²) in [5.41, 5.74) is 5.50. The molecule has 0 amide bonds. The lowest BCUT2D eigenvalue weighted by atomic mass is 9.89. The summed E-state index contributed by atoms with van der Waals surface area (Å²) in [4.78, 5) is 0. The molecule has 0 aromatic heterocycles. The minimum atomic E-state index is 0.604. The van der Waals surface area contributed by atoms with Gasteiger partial charge in [-0.15, -0.1) is 0 Å². The van der Waals surface area contributed by atoms with E-state index in [1.54, 1.807) is 0 Å². The number of hydrogen-bond acceptors (Lipinski definition) is 2.